The molecule has 0 saturated carbocycles. The molecular formula is C20H23NO4S2. The summed E-state index contributed by atoms with van der Waals surface area (Å²) in [6.45, 7) is 5.21. The van der Waals surface area contributed by atoms with Gasteiger partial charge in [-0.2, -0.15) is 0 Å². The van der Waals surface area contributed by atoms with Crippen LogP contribution >= 0.6 is 11.3 Å². The van der Waals surface area contributed by atoms with Crippen molar-refractivity contribution in [2.24, 2.45) is 0 Å². The fraction of sp³-hybridized carbons (Fsp3) is 0.300. The van der Waals surface area contributed by atoms with Crippen molar-refractivity contribution in [1.29, 1.82) is 0 Å². The molecular weight excluding hydrogens is 382 g/mol. The van der Waals surface area contributed by atoms with Crippen molar-refractivity contribution in [3.8, 4) is 5.75 Å². The summed E-state index contributed by atoms with van der Waals surface area (Å²) in [5.41, 5.74) is 0.472. The highest BCUT2D eigenvalue weighted by molar-refractivity contribution is 7.89. The number of ether oxygens (including phenoxy) is 1. The van der Waals surface area contributed by atoms with E-state index in [4.69, 9.17) is 4.74 Å². The smallest absolute Gasteiger partial charge is 0.244 e. The third-order valence-electron chi connectivity index (χ3n) is 4.63. The van der Waals surface area contributed by atoms with Crippen molar-refractivity contribution >= 4 is 31.4 Å². The Labute approximate surface area is 163 Å². The van der Waals surface area contributed by atoms with Gasteiger partial charge in [0.25, 0.3) is 0 Å². The highest BCUT2D eigenvalue weighted by atomic mass is 32.2. The second-order valence-electron chi connectivity index (χ2n) is 6.83. The van der Waals surface area contributed by atoms with Gasteiger partial charge in [0.1, 0.15) is 16.2 Å². The first-order valence-corrected chi connectivity index (χ1v) is 10.8. The lowest BCUT2D eigenvalue weighted by atomic mass is 10.1. The first-order chi connectivity index (χ1) is 12.6. The predicted octanol–water partition coefficient (Wildman–Crippen LogP) is 3.71. The van der Waals surface area contributed by atoms with Crippen LogP contribution in [-0.2, 0) is 15.6 Å². The lowest BCUT2D eigenvalue weighted by molar-refractivity contribution is 0.0666. The molecule has 3 rings (SSSR count). The summed E-state index contributed by atoms with van der Waals surface area (Å²) in [5, 5.41) is 11.9. The minimum absolute atomic E-state index is 0.0697. The van der Waals surface area contributed by atoms with Crippen molar-refractivity contribution in [2.45, 2.75) is 31.3 Å². The average Bonchev–Trinajstić information content (AvgIpc) is 3.07. The Morgan fingerprint density at radius 2 is 1.81 bits per heavy atom. The Bertz CT molecular complexity index is 1050. The van der Waals surface area contributed by atoms with Crippen LogP contribution in [0.2, 0.25) is 0 Å². The highest BCUT2D eigenvalue weighted by Crippen LogP contribution is 2.33. The molecule has 0 bridgehead atoms. The van der Waals surface area contributed by atoms with Gasteiger partial charge >= 0.3 is 0 Å². The van der Waals surface area contributed by atoms with E-state index >= 15 is 0 Å². The Morgan fingerprint density at radius 1 is 1.15 bits per heavy atom. The van der Waals surface area contributed by atoms with Crippen LogP contribution in [0.1, 0.15) is 22.9 Å². The van der Waals surface area contributed by atoms with Gasteiger partial charge in [-0.15, -0.1) is 11.3 Å². The van der Waals surface area contributed by atoms with Gasteiger partial charge in [-0.05, 0) is 61.5 Å². The third-order valence-corrected chi connectivity index (χ3v) is 7.42. The van der Waals surface area contributed by atoms with E-state index in [0.29, 0.717) is 4.88 Å². The van der Waals surface area contributed by atoms with Crippen LogP contribution in [0.3, 0.4) is 0 Å². The van der Waals surface area contributed by atoms with Crippen LogP contribution in [0, 0.1) is 13.8 Å². The van der Waals surface area contributed by atoms with Crippen LogP contribution in [0.15, 0.2) is 47.4 Å². The van der Waals surface area contributed by atoms with Crippen LogP contribution in [0.5, 0.6) is 5.75 Å². The van der Waals surface area contributed by atoms with E-state index in [-0.39, 0.29) is 17.2 Å². The molecule has 0 fully saturated rings. The number of fused-ring (bicyclic) bond motifs is 1. The maximum atomic E-state index is 12.8. The quantitative estimate of drug-likeness (QED) is 0.655. The zero-order valence-electron chi connectivity index (χ0n) is 15.7. The Morgan fingerprint density at radius 3 is 2.48 bits per heavy atom. The molecule has 144 valence electrons. The number of aliphatic hydroxyl groups is 1. The Balaban J connectivity index is 1.87. The SMILES string of the molecule is COc1cc(C)c(C)cc1S(=O)(=O)NC[C@@](C)(O)c1cc2ccccc2s1. The second-order valence-corrected chi connectivity index (χ2v) is 9.65. The van der Waals surface area contributed by atoms with Gasteiger partial charge < -0.3 is 9.84 Å². The summed E-state index contributed by atoms with van der Waals surface area (Å²) in [7, 11) is -2.40. The molecule has 0 saturated heterocycles. The number of sulfonamides is 1. The Hall–Kier alpha value is -1.93. The number of thiophene rings is 1. The standard InChI is InChI=1S/C20H23NO4S2/c1-13-9-16(25-4)18(10-14(13)2)27(23,24)21-12-20(3,22)19-11-15-7-5-6-8-17(15)26-19/h5-11,21-22H,12H2,1-4H3/t20-/m1/s1. The fourth-order valence-corrected chi connectivity index (χ4v) is 5.25. The molecule has 1 atom stereocenters. The molecule has 0 unspecified atom stereocenters. The molecule has 0 aliphatic rings. The number of hydrogen-bond donors (Lipinski definition) is 2. The van der Waals surface area contributed by atoms with Crippen molar-refractivity contribution in [1.82, 2.24) is 4.72 Å². The van der Waals surface area contributed by atoms with Gasteiger partial charge in [-0.3, -0.25) is 0 Å². The summed E-state index contributed by atoms with van der Waals surface area (Å²) in [5.74, 6) is 0.284. The van der Waals surface area contributed by atoms with Crippen molar-refractivity contribution in [3.63, 3.8) is 0 Å². The van der Waals surface area contributed by atoms with Gasteiger partial charge in [0.2, 0.25) is 10.0 Å². The molecule has 2 N–H and O–H groups in total. The number of benzene rings is 2. The maximum Gasteiger partial charge on any atom is 0.244 e. The molecule has 27 heavy (non-hydrogen) atoms. The molecule has 5 nitrogen and oxygen atoms in total. The lowest BCUT2D eigenvalue weighted by Crippen LogP contribution is -2.38. The molecule has 0 aliphatic carbocycles. The normalized spacial score (nSPS) is 14.3. The largest absolute Gasteiger partial charge is 0.495 e. The van der Waals surface area contributed by atoms with Gasteiger partial charge in [0, 0.05) is 16.1 Å². The highest BCUT2D eigenvalue weighted by Gasteiger charge is 2.29. The molecule has 1 aromatic heterocycles. The molecule has 2 aromatic carbocycles. The zero-order valence-corrected chi connectivity index (χ0v) is 17.4. The molecule has 3 aromatic rings. The van der Waals surface area contributed by atoms with E-state index in [1.165, 1.54) is 18.4 Å². The number of methoxy groups -OCH3 is 1. The first kappa shape index (κ1) is 19.8. The molecule has 0 amide bonds. The molecule has 0 spiro atoms. The monoisotopic (exact) mass is 405 g/mol. The zero-order chi connectivity index (χ0) is 19.8. The number of aryl methyl sites for hydroxylation is 2. The lowest BCUT2D eigenvalue weighted by Gasteiger charge is -2.23. The minimum Gasteiger partial charge on any atom is -0.495 e. The fourth-order valence-electron chi connectivity index (χ4n) is 2.78. The van der Waals surface area contributed by atoms with E-state index in [9.17, 15) is 13.5 Å². The van der Waals surface area contributed by atoms with Crippen LogP contribution in [0.4, 0.5) is 0 Å². The summed E-state index contributed by atoms with van der Waals surface area (Å²) in [6, 6.07) is 13.0. The van der Waals surface area contributed by atoms with Crippen LogP contribution < -0.4 is 9.46 Å². The molecule has 0 radical (unpaired) electrons. The second kappa shape index (κ2) is 7.24. The summed E-state index contributed by atoms with van der Waals surface area (Å²) in [6.07, 6.45) is 0. The van der Waals surface area contributed by atoms with E-state index < -0.39 is 15.6 Å². The van der Waals surface area contributed by atoms with E-state index in [0.717, 1.165) is 21.2 Å². The molecule has 1 heterocycles. The topological polar surface area (TPSA) is 75.6 Å². The summed E-state index contributed by atoms with van der Waals surface area (Å²) in [4.78, 5) is 0.777. The summed E-state index contributed by atoms with van der Waals surface area (Å²) < 4.78 is 34.5. The molecule has 7 heteroatoms. The van der Waals surface area contributed by atoms with Crippen molar-refractivity contribution in [2.75, 3.05) is 13.7 Å². The van der Waals surface area contributed by atoms with Gasteiger partial charge in [-0.25, -0.2) is 13.1 Å². The number of rotatable bonds is 6. The van der Waals surface area contributed by atoms with E-state index in [1.807, 2.05) is 44.2 Å². The average molecular weight is 406 g/mol. The van der Waals surface area contributed by atoms with Gasteiger partial charge in [0.15, 0.2) is 0 Å². The van der Waals surface area contributed by atoms with Crippen molar-refractivity contribution < 1.29 is 18.3 Å². The Kier molecular flexibility index (Phi) is 5.31. The van der Waals surface area contributed by atoms with Gasteiger partial charge in [0.05, 0.1) is 7.11 Å². The van der Waals surface area contributed by atoms with Crippen LogP contribution in [-0.4, -0.2) is 27.2 Å². The van der Waals surface area contributed by atoms with Crippen LogP contribution in [0.25, 0.3) is 10.1 Å². The minimum atomic E-state index is -3.84. The summed E-state index contributed by atoms with van der Waals surface area (Å²) >= 11 is 1.45. The van der Waals surface area contributed by atoms with E-state index in [1.54, 1.807) is 19.1 Å². The first-order valence-electron chi connectivity index (χ1n) is 8.50. The predicted molar refractivity (Wildman–Crippen MR) is 109 cm³/mol. The van der Waals surface area contributed by atoms with Gasteiger partial charge in [-0.1, -0.05) is 18.2 Å². The molecule has 0 aliphatic heterocycles. The number of hydrogen-bond acceptors (Lipinski definition) is 5. The van der Waals surface area contributed by atoms with Crippen molar-refractivity contribution in [3.05, 3.63) is 58.5 Å². The number of nitrogens with one attached hydrogen (secondary N) is 1. The third kappa shape index (κ3) is 4.01. The maximum absolute atomic E-state index is 12.8. The van der Waals surface area contributed by atoms with E-state index in [2.05, 4.69) is 4.72 Å².